The van der Waals surface area contributed by atoms with E-state index in [2.05, 4.69) is 39.6 Å². The minimum Gasteiger partial charge on any atom is -0.325 e. The summed E-state index contributed by atoms with van der Waals surface area (Å²) in [6.07, 6.45) is 3.24. The zero-order chi connectivity index (χ0) is 16.1. The first-order valence-electron chi connectivity index (χ1n) is 8.75. The second kappa shape index (κ2) is 7.90. The quantitative estimate of drug-likeness (QED) is 0.884. The van der Waals surface area contributed by atoms with E-state index in [0.29, 0.717) is 0 Å². The van der Waals surface area contributed by atoms with Crippen LogP contribution in [0.4, 0.5) is 5.69 Å². The van der Waals surface area contributed by atoms with Crippen molar-refractivity contribution >= 4 is 11.6 Å². The van der Waals surface area contributed by atoms with Gasteiger partial charge in [0.15, 0.2) is 0 Å². The Balaban J connectivity index is 1.55. The van der Waals surface area contributed by atoms with E-state index in [1.165, 1.54) is 12.0 Å². The van der Waals surface area contributed by atoms with Gasteiger partial charge in [-0.2, -0.15) is 0 Å². The number of amides is 1. The molecule has 2 N–H and O–H groups in total. The lowest BCUT2D eigenvalue weighted by atomic mass is 10.0. The van der Waals surface area contributed by atoms with Crippen LogP contribution in [0.5, 0.6) is 0 Å². The third-order valence-electron chi connectivity index (χ3n) is 4.82. The number of carbonyl (C=O) groups excluding carboxylic acids is 1. The van der Waals surface area contributed by atoms with Gasteiger partial charge in [-0.05, 0) is 44.1 Å². The third-order valence-corrected chi connectivity index (χ3v) is 4.82. The molecule has 0 aromatic heterocycles. The normalized spacial score (nSPS) is 23.6. The lowest BCUT2D eigenvalue weighted by molar-refractivity contribution is -0.118. The number of anilines is 1. The Bertz CT molecular complexity index is 520. The van der Waals surface area contributed by atoms with E-state index in [0.717, 1.165) is 57.8 Å². The number of rotatable bonds is 4. The fraction of sp³-hybridized carbons (Fsp3) is 0.611. The van der Waals surface area contributed by atoms with E-state index in [9.17, 15) is 4.79 Å². The first kappa shape index (κ1) is 16.4. The number of hydrogen-bond donors (Lipinski definition) is 2. The Morgan fingerprint density at radius 2 is 2.09 bits per heavy atom. The van der Waals surface area contributed by atoms with Crippen molar-refractivity contribution in [2.24, 2.45) is 0 Å². The number of nitrogens with one attached hydrogen (secondary N) is 2. The number of piperazine rings is 1. The molecular formula is C18H28N4O. The second-order valence-corrected chi connectivity index (χ2v) is 6.77. The zero-order valence-electron chi connectivity index (χ0n) is 14.1. The molecule has 0 aliphatic carbocycles. The van der Waals surface area contributed by atoms with Gasteiger partial charge in [0.2, 0.25) is 5.91 Å². The van der Waals surface area contributed by atoms with Gasteiger partial charge in [-0.1, -0.05) is 18.6 Å². The van der Waals surface area contributed by atoms with Crippen LogP contribution in [-0.4, -0.2) is 61.5 Å². The maximum atomic E-state index is 12.3. The number of hydrogen-bond acceptors (Lipinski definition) is 4. The molecule has 5 heteroatoms. The van der Waals surface area contributed by atoms with Gasteiger partial charge >= 0.3 is 0 Å². The Hall–Kier alpha value is -1.43. The number of likely N-dealkylation sites (N-methyl/N-ethyl adjacent to an activating group) is 1. The first-order valence-corrected chi connectivity index (χ1v) is 8.75. The van der Waals surface area contributed by atoms with Crippen molar-refractivity contribution in [3.8, 4) is 0 Å². The summed E-state index contributed by atoms with van der Waals surface area (Å²) in [4.78, 5) is 17.2. The molecule has 5 nitrogen and oxygen atoms in total. The monoisotopic (exact) mass is 316 g/mol. The zero-order valence-corrected chi connectivity index (χ0v) is 14.1. The molecule has 2 fully saturated rings. The summed E-state index contributed by atoms with van der Waals surface area (Å²) in [5, 5.41) is 6.37. The molecule has 23 heavy (non-hydrogen) atoms. The fourth-order valence-corrected chi connectivity index (χ4v) is 3.32. The highest BCUT2D eigenvalue weighted by Crippen LogP contribution is 2.15. The van der Waals surface area contributed by atoms with Gasteiger partial charge in [-0.3, -0.25) is 9.69 Å². The Morgan fingerprint density at radius 1 is 1.26 bits per heavy atom. The Kier molecular flexibility index (Phi) is 5.65. The van der Waals surface area contributed by atoms with Crippen molar-refractivity contribution in [2.75, 3.05) is 45.1 Å². The molecule has 1 aromatic rings. The second-order valence-electron chi connectivity index (χ2n) is 6.77. The lowest BCUT2D eigenvalue weighted by Gasteiger charge is -2.32. The third kappa shape index (κ3) is 4.77. The van der Waals surface area contributed by atoms with Crippen LogP contribution in [0.1, 0.15) is 24.8 Å². The molecule has 1 amide bonds. The standard InChI is InChI=1S/C18H28N4O/c1-21-9-11-22(12-10-21)14-15-5-4-6-16(13-15)20-18(23)17-7-2-3-8-19-17/h4-6,13,17,19H,2-3,7-12,14H2,1H3,(H,20,23)/t17-/m1/s1. The van der Waals surface area contributed by atoms with Gasteiger partial charge in [-0.15, -0.1) is 0 Å². The average Bonchev–Trinajstić information content (AvgIpc) is 2.58. The van der Waals surface area contributed by atoms with Crippen molar-refractivity contribution in [3.05, 3.63) is 29.8 Å². The smallest absolute Gasteiger partial charge is 0.241 e. The summed E-state index contributed by atoms with van der Waals surface area (Å²) < 4.78 is 0. The highest BCUT2D eigenvalue weighted by molar-refractivity contribution is 5.94. The molecule has 0 bridgehead atoms. The molecule has 2 aliphatic rings. The average molecular weight is 316 g/mol. The van der Waals surface area contributed by atoms with E-state index < -0.39 is 0 Å². The van der Waals surface area contributed by atoms with Gasteiger partial charge in [0, 0.05) is 38.4 Å². The van der Waals surface area contributed by atoms with Crippen molar-refractivity contribution in [2.45, 2.75) is 31.8 Å². The first-order chi connectivity index (χ1) is 11.2. The van der Waals surface area contributed by atoms with E-state index in [-0.39, 0.29) is 11.9 Å². The number of carbonyl (C=O) groups is 1. The molecule has 1 aromatic carbocycles. The predicted molar refractivity (Wildman–Crippen MR) is 93.5 cm³/mol. The number of benzene rings is 1. The highest BCUT2D eigenvalue weighted by atomic mass is 16.2. The SMILES string of the molecule is CN1CCN(Cc2cccc(NC(=O)[C@H]3CCCCN3)c2)CC1. The molecule has 3 rings (SSSR count). The van der Waals surface area contributed by atoms with Crippen molar-refractivity contribution in [1.29, 1.82) is 0 Å². The van der Waals surface area contributed by atoms with Gasteiger partial charge in [0.1, 0.15) is 0 Å². The minimum atomic E-state index is -0.0370. The predicted octanol–water partition coefficient (Wildman–Crippen LogP) is 1.51. The van der Waals surface area contributed by atoms with Crippen molar-refractivity contribution in [1.82, 2.24) is 15.1 Å². The molecule has 126 valence electrons. The summed E-state index contributed by atoms with van der Waals surface area (Å²) in [7, 11) is 2.17. The number of piperidine rings is 1. The van der Waals surface area contributed by atoms with E-state index >= 15 is 0 Å². The molecule has 2 heterocycles. The van der Waals surface area contributed by atoms with Crippen molar-refractivity contribution < 1.29 is 4.79 Å². The molecule has 0 saturated carbocycles. The van der Waals surface area contributed by atoms with Crippen LogP contribution >= 0.6 is 0 Å². The maximum Gasteiger partial charge on any atom is 0.241 e. The molecule has 0 unspecified atom stereocenters. The summed E-state index contributed by atoms with van der Waals surface area (Å²) >= 11 is 0. The molecule has 2 saturated heterocycles. The summed E-state index contributed by atoms with van der Waals surface area (Å²) in [6, 6.07) is 8.24. The molecule has 2 aliphatic heterocycles. The van der Waals surface area contributed by atoms with Gasteiger partial charge in [0.05, 0.1) is 6.04 Å². The van der Waals surface area contributed by atoms with Crippen molar-refractivity contribution in [3.63, 3.8) is 0 Å². The topological polar surface area (TPSA) is 47.6 Å². The van der Waals surface area contributed by atoms with Crippen LogP contribution in [0.2, 0.25) is 0 Å². The maximum absolute atomic E-state index is 12.3. The summed E-state index contributed by atoms with van der Waals surface area (Å²) in [6.45, 7) is 6.38. The van der Waals surface area contributed by atoms with E-state index in [1.807, 2.05) is 12.1 Å². The van der Waals surface area contributed by atoms with E-state index in [4.69, 9.17) is 0 Å². The fourth-order valence-electron chi connectivity index (χ4n) is 3.32. The molecular weight excluding hydrogens is 288 g/mol. The Morgan fingerprint density at radius 3 is 2.83 bits per heavy atom. The van der Waals surface area contributed by atoms with Crippen LogP contribution in [0.3, 0.4) is 0 Å². The lowest BCUT2D eigenvalue weighted by Crippen LogP contribution is -2.44. The van der Waals surface area contributed by atoms with Gasteiger partial charge in [0.25, 0.3) is 0 Å². The minimum absolute atomic E-state index is 0.0370. The van der Waals surface area contributed by atoms with Crippen LogP contribution in [0.15, 0.2) is 24.3 Å². The van der Waals surface area contributed by atoms with Crippen LogP contribution < -0.4 is 10.6 Å². The Labute approximate surface area is 139 Å². The summed E-state index contributed by atoms with van der Waals surface area (Å²) in [5.41, 5.74) is 2.18. The van der Waals surface area contributed by atoms with E-state index in [1.54, 1.807) is 0 Å². The molecule has 1 atom stereocenters. The van der Waals surface area contributed by atoms with Crippen LogP contribution in [0, 0.1) is 0 Å². The van der Waals surface area contributed by atoms with Gasteiger partial charge < -0.3 is 15.5 Å². The number of nitrogens with zero attached hydrogens (tertiary/aromatic N) is 2. The highest BCUT2D eigenvalue weighted by Gasteiger charge is 2.20. The van der Waals surface area contributed by atoms with Crippen LogP contribution in [-0.2, 0) is 11.3 Å². The summed E-state index contributed by atoms with van der Waals surface area (Å²) in [5.74, 6) is 0.0986. The largest absolute Gasteiger partial charge is 0.325 e. The molecule has 0 spiro atoms. The van der Waals surface area contributed by atoms with Crippen LogP contribution in [0.25, 0.3) is 0 Å². The molecule has 0 radical (unpaired) electrons. The van der Waals surface area contributed by atoms with Gasteiger partial charge in [-0.25, -0.2) is 0 Å².